The van der Waals surface area contributed by atoms with E-state index in [1.54, 1.807) is 12.3 Å². The summed E-state index contributed by atoms with van der Waals surface area (Å²) in [5.74, 6) is -0.553. The molecule has 0 unspecified atom stereocenters. The zero-order valence-electron chi connectivity index (χ0n) is 38.8. The number of halogens is 1. The number of nitro benzene ring substituents is 1. The van der Waals surface area contributed by atoms with Gasteiger partial charge >= 0.3 is 0 Å². The number of hydrogen-bond donors (Lipinski definition) is 3. The largest absolute Gasteiger partial charge is 0.468 e. The minimum atomic E-state index is -4.67. The highest BCUT2D eigenvalue weighted by Crippen LogP contribution is 2.54. The number of sulfonamides is 1. The SMILES string of the molecule is Cc1ccccc1[C@H]1CCCCN1C1CC2(CCN(c3ccc(C(=O)NS(=O)(=O)c4ccc(NCC5(F)CCOCC5)c([N+](=O)[O-])c4)c(N4c5cc6cc[nH]c6nc5O[C@H]5COCC[C@@H]54)c3)CC2)C1. The molecule has 1 amide bonds. The number of carbonyl (C=O) groups is 1. The van der Waals surface area contributed by atoms with Crippen molar-refractivity contribution < 1.29 is 36.7 Å². The molecule has 3 aromatic carbocycles. The maximum Gasteiger partial charge on any atom is 0.293 e. The third kappa shape index (κ3) is 8.78. The number of ether oxygens (including phenoxy) is 3. The van der Waals surface area contributed by atoms with Crippen molar-refractivity contribution in [1.82, 2.24) is 19.6 Å². The summed E-state index contributed by atoms with van der Waals surface area (Å²) in [6, 6.07) is 22.3. The fourth-order valence-electron chi connectivity index (χ4n) is 12.0. The predicted molar refractivity (Wildman–Crippen MR) is 260 cm³/mol. The van der Waals surface area contributed by atoms with Crippen LogP contribution in [0.5, 0.6) is 5.88 Å². The van der Waals surface area contributed by atoms with E-state index in [4.69, 9.17) is 19.2 Å². The molecular formula is C51H59FN8O8S. The summed E-state index contributed by atoms with van der Waals surface area (Å²) in [6.45, 7) is 6.05. The van der Waals surface area contributed by atoms with Crippen LogP contribution in [0.15, 0.2) is 83.9 Å². The molecule has 2 aromatic heterocycles. The summed E-state index contributed by atoms with van der Waals surface area (Å²) in [4.78, 5) is 40.9. The number of benzene rings is 3. The van der Waals surface area contributed by atoms with Gasteiger partial charge in [-0.1, -0.05) is 30.7 Å². The van der Waals surface area contributed by atoms with Gasteiger partial charge in [0.05, 0.1) is 33.7 Å². The van der Waals surface area contributed by atoms with Crippen molar-refractivity contribution in [3.05, 3.63) is 106 Å². The van der Waals surface area contributed by atoms with Crippen LogP contribution >= 0.6 is 0 Å². The van der Waals surface area contributed by atoms with Gasteiger partial charge in [-0.05, 0) is 117 Å². The first-order valence-electron chi connectivity index (χ1n) is 24.4. The molecule has 16 nitrogen and oxygen atoms in total. The number of alkyl halides is 1. The molecule has 0 radical (unpaired) electrons. The van der Waals surface area contributed by atoms with E-state index in [1.165, 1.54) is 55.4 Å². The lowest BCUT2D eigenvalue weighted by molar-refractivity contribution is -0.384. The average Bonchev–Trinajstić information content (AvgIpc) is 3.81. The van der Waals surface area contributed by atoms with E-state index in [9.17, 15) is 23.3 Å². The maximum atomic E-state index is 15.4. The summed E-state index contributed by atoms with van der Waals surface area (Å²) in [5.41, 5.74) is 3.62. The second-order valence-corrected chi connectivity index (χ2v) is 21.7. The number of aryl methyl sites for hydroxylation is 1. The highest BCUT2D eigenvalue weighted by molar-refractivity contribution is 7.90. The van der Waals surface area contributed by atoms with Gasteiger partial charge in [0, 0.05) is 87.7 Å². The number of aromatic amines is 1. The Hall–Kier alpha value is -5.82. The Morgan fingerprint density at radius 3 is 2.55 bits per heavy atom. The molecule has 6 aliphatic rings. The van der Waals surface area contributed by atoms with Crippen molar-refractivity contribution in [2.75, 3.05) is 67.7 Å². The fraction of sp³-hybridized carbons (Fsp3) is 0.490. The van der Waals surface area contributed by atoms with Gasteiger partial charge in [-0.15, -0.1) is 0 Å². The molecule has 1 spiro atoms. The van der Waals surface area contributed by atoms with Crippen LogP contribution in [0.25, 0.3) is 11.0 Å². The Morgan fingerprint density at radius 1 is 0.942 bits per heavy atom. The lowest BCUT2D eigenvalue weighted by atomic mass is 9.59. The number of H-pyrrole nitrogens is 1. The van der Waals surface area contributed by atoms with Crippen LogP contribution in [-0.4, -0.2) is 111 Å². The number of nitrogens with zero attached hydrogens (tertiary/aromatic N) is 5. The maximum absolute atomic E-state index is 15.4. The summed E-state index contributed by atoms with van der Waals surface area (Å²) >= 11 is 0. The molecule has 11 rings (SSSR count). The first-order chi connectivity index (χ1) is 33.4. The van der Waals surface area contributed by atoms with Gasteiger partial charge in [0.2, 0.25) is 5.88 Å². The van der Waals surface area contributed by atoms with Crippen LogP contribution in [0.2, 0.25) is 0 Å². The second kappa shape index (κ2) is 18.2. The van der Waals surface area contributed by atoms with Crippen LogP contribution in [0.1, 0.15) is 91.7 Å². The topological polar surface area (TPSA) is 184 Å². The Bertz CT molecular complexity index is 2880. The van der Waals surface area contributed by atoms with Crippen molar-refractivity contribution in [3.8, 4) is 5.88 Å². The number of nitro groups is 1. The summed E-state index contributed by atoms with van der Waals surface area (Å²) < 4.78 is 63.5. The van der Waals surface area contributed by atoms with E-state index in [0.717, 1.165) is 49.6 Å². The highest BCUT2D eigenvalue weighted by Gasteiger charge is 2.50. The Balaban J connectivity index is 0.879. The molecule has 3 atom stereocenters. The quantitative estimate of drug-likeness (QED) is 0.0847. The first kappa shape index (κ1) is 45.6. The van der Waals surface area contributed by atoms with E-state index >= 15 is 4.39 Å². The van der Waals surface area contributed by atoms with Gasteiger partial charge in [0.25, 0.3) is 21.6 Å². The smallest absolute Gasteiger partial charge is 0.293 e. The number of amides is 1. The molecule has 5 aromatic rings. The molecule has 5 aliphatic heterocycles. The number of aromatic nitrogens is 2. The molecule has 5 fully saturated rings. The van der Waals surface area contributed by atoms with Crippen molar-refractivity contribution in [2.24, 2.45) is 5.41 Å². The van der Waals surface area contributed by atoms with Crippen molar-refractivity contribution in [2.45, 2.75) is 106 Å². The number of hydrogen-bond acceptors (Lipinski definition) is 13. The van der Waals surface area contributed by atoms with Gasteiger partial charge in [-0.3, -0.25) is 19.8 Å². The van der Waals surface area contributed by atoms with Crippen LogP contribution in [0.3, 0.4) is 0 Å². The molecule has 1 saturated carbocycles. The minimum absolute atomic E-state index is 0.0386. The van der Waals surface area contributed by atoms with Gasteiger partial charge < -0.3 is 34.3 Å². The highest BCUT2D eigenvalue weighted by atomic mass is 32.2. The summed E-state index contributed by atoms with van der Waals surface area (Å²) in [7, 11) is -4.67. The average molecular weight is 963 g/mol. The number of anilines is 4. The van der Waals surface area contributed by atoms with E-state index in [-0.39, 0.29) is 55.3 Å². The summed E-state index contributed by atoms with van der Waals surface area (Å²) in [5, 5.41) is 15.9. The van der Waals surface area contributed by atoms with Gasteiger partial charge in [-0.2, -0.15) is 4.98 Å². The normalized spacial score (nSPS) is 23.7. The summed E-state index contributed by atoms with van der Waals surface area (Å²) in [6.07, 6.45) is 10.4. The number of nitrogens with one attached hydrogen (secondary N) is 3. The Labute approximate surface area is 401 Å². The number of rotatable bonds is 11. The van der Waals surface area contributed by atoms with E-state index < -0.39 is 43.2 Å². The Morgan fingerprint density at radius 2 is 1.75 bits per heavy atom. The van der Waals surface area contributed by atoms with Gasteiger partial charge in [0.1, 0.15) is 28.8 Å². The molecule has 364 valence electrons. The number of likely N-dealkylation sites (tertiary alicyclic amines) is 1. The molecule has 18 heteroatoms. The molecule has 3 N–H and O–H groups in total. The van der Waals surface area contributed by atoms with E-state index in [1.807, 2.05) is 24.3 Å². The van der Waals surface area contributed by atoms with Crippen LogP contribution in [-0.2, 0) is 19.5 Å². The fourth-order valence-corrected chi connectivity index (χ4v) is 12.9. The number of fused-ring (bicyclic) bond motifs is 3. The second-order valence-electron chi connectivity index (χ2n) is 20.0. The van der Waals surface area contributed by atoms with E-state index in [0.29, 0.717) is 54.6 Å². The van der Waals surface area contributed by atoms with Crippen molar-refractivity contribution in [3.63, 3.8) is 0 Å². The van der Waals surface area contributed by atoms with Crippen molar-refractivity contribution in [1.29, 1.82) is 0 Å². The predicted octanol–water partition coefficient (Wildman–Crippen LogP) is 8.49. The first-order valence-corrected chi connectivity index (χ1v) is 25.9. The standard InChI is InChI=1S/C51H59FN8O8S/c1-33-6-2-3-7-38(33)41-8-4-5-20-58(41)36-29-50(30-36)15-21-57(22-16-50)35-9-11-39(43(27-35)59-42-14-23-67-31-46(42)68-49-45(59)26-34-13-19-53-47(34)55-49)48(61)56-69(64,65)37-10-12-40(44(28-37)60(62)63)54-32-51(52)17-24-66-25-18-51/h2-3,6-7,9-13,19,26-28,36,41-42,46,54H,4-5,8,14-18,20-25,29-32H2,1H3,(H,53,55)(H,56,61)/t41-,42+,46+/m1/s1. The molecule has 7 heterocycles. The zero-order chi connectivity index (χ0) is 47.5. The monoisotopic (exact) mass is 962 g/mol. The number of carbonyl (C=O) groups excluding carboxylic acids is 1. The lowest BCUT2D eigenvalue weighted by Crippen LogP contribution is -2.56. The zero-order valence-corrected chi connectivity index (χ0v) is 39.6. The molecule has 1 aliphatic carbocycles. The van der Waals surface area contributed by atoms with E-state index in [2.05, 4.69) is 60.9 Å². The molecule has 4 saturated heterocycles. The molecular weight excluding hydrogens is 904 g/mol. The lowest BCUT2D eigenvalue weighted by Gasteiger charge is -2.57. The van der Waals surface area contributed by atoms with Gasteiger partial charge in [0.15, 0.2) is 0 Å². The molecule has 0 bridgehead atoms. The van der Waals surface area contributed by atoms with Crippen molar-refractivity contribution >= 4 is 55.4 Å². The van der Waals surface area contributed by atoms with Crippen LogP contribution < -0.4 is 24.6 Å². The number of pyridine rings is 1. The third-order valence-corrected chi connectivity index (χ3v) is 17.2. The van der Waals surface area contributed by atoms with Gasteiger partial charge in [-0.25, -0.2) is 17.5 Å². The third-order valence-electron chi connectivity index (χ3n) is 15.9. The number of piperidine rings is 2. The molecule has 69 heavy (non-hydrogen) atoms. The Kier molecular flexibility index (Phi) is 12.0. The van der Waals surface area contributed by atoms with Crippen LogP contribution in [0, 0.1) is 22.5 Å². The van der Waals surface area contributed by atoms with Crippen LogP contribution in [0.4, 0.5) is 32.8 Å². The minimum Gasteiger partial charge on any atom is -0.468 e.